The van der Waals surface area contributed by atoms with Crippen LogP contribution in [-0.2, 0) is 19.6 Å². The van der Waals surface area contributed by atoms with Crippen LogP contribution in [0.4, 0.5) is 0 Å². The van der Waals surface area contributed by atoms with Crippen molar-refractivity contribution in [1.82, 2.24) is 0 Å². The van der Waals surface area contributed by atoms with Gasteiger partial charge in [0, 0.05) is 0 Å². The Balaban J connectivity index is 0.000000231. The predicted molar refractivity (Wildman–Crippen MR) is 150 cm³/mol. The van der Waals surface area contributed by atoms with Crippen molar-refractivity contribution >= 4 is 23.9 Å². The lowest BCUT2D eigenvalue weighted by Gasteiger charge is -2.06. The third kappa shape index (κ3) is 8.68. The highest BCUT2D eigenvalue weighted by molar-refractivity contribution is 5.94. The average Bonchev–Trinajstić information content (AvgIpc) is 3.03. The first-order valence-electron chi connectivity index (χ1n) is 12.5. The number of carbonyl (C=O) groups excluding carboxylic acids is 4. The molecular formula is C32H28O10. The smallest absolute Gasteiger partial charge is 0.386 e. The topological polar surface area (TPSA) is 124 Å². The molecule has 0 unspecified atom stereocenters. The van der Waals surface area contributed by atoms with Crippen molar-refractivity contribution in [2.24, 2.45) is 0 Å². The lowest BCUT2D eigenvalue weighted by molar-refractivity contribution is -0.187. The molecule has 4 aromatic rings. The summed E-state index contributed by atoms with van der Waals surface area (Å²) < 4.78 is 9.95. The molecule has 0 heterocycles. The first kappa shape index (κ1) is 30.9. The van der Waals surface area contributed by atoms with Crippen molar-refractivity contribution in [2.75, 3.05) is 14.2 Å². The first-order chi connectivity index (χ1) is 20.2. The fourth-order valence-electron chi connectivity index (χ4n) is 3.40. The summed E-state index contributed by atoms with van der Waals surface area (Å²) in [6.07, 6.45) is 0. The van der Waals surface area contributed by atoms with Crippen molar-refractivity contribution in [3.63, 3.8) is 0 Å². The number of ether oxygens (including phenoxy) is 2. The average molecular weight is 573 g/mol. The highest BCUT2D eigenvalue weighted by Crippen LogP contribution is 2.15. The van der Waals surface area contributed by atoms with Gasteiger partial charge in [0.25, 0.3) is 0 Å². The molecule has 4 aromatic carbocycles. The van der Waals surface area contributed by atoms with E-state index in [1.807, 2.05) is 12.1 Å². The van der Waals surface area contributed by atoms with Gasteiger partial charge in [-0.1, -0.05) is 36.4 Å². The van der Waals surface area contributed by atoms with Crippen LogP contribution in [0.1, 0.15) is 52.6 Å². The lowest BCUT2D eigenvalue weighted by Crippen LogP contribution is -2.13. The zero-order chi connectivity index (χ0) is 30.5. The van der Waals surface area contributed by atoms with Crippen LogP contribution in [0, 0.1) is 13.8 Å². The van der Waals surface area contributed by atoms with Gasteiger partial charge in [0.15, 0.2) is 0 Å². The van der Waals surface area contributed by atoms with Gasteiger partial charge in [0.05, 0.1) is 36.5 Å². The summed E-state index contributed by atoms with van der Waals surface area (Å²) >= 11 is 0. The van der Waals surface area contributed by atoms with Crippen molar-refractivity contribution < 1.29 is 48.2 Å². The van der Waals surface area contributed by atoms with E-state index in [0.717, 1.165) is 11.1 Å². The van der Waals surface area contributed by atoms with Gasteiger partial charge >= 0.3 is 23.9 Å². The van der Waals surface area contributed by atoms with E-state index in [1.54, 1.807) is 74.5 Å². The number of hydrogen-bond acceptors (Lipinski definition) is 10. The second-order valence-electron chi connectivity index (χ2n) is 8.57. The van der Waals surface area contributed by atoms with E-state index in [-0.39, 0.29) is 11.1 Å². The highest BCUT2D eigenvalue weighted by Gasteiger charge is 2.17. The Bertz CT molecular complexity index is 1410. The molecular weight excluding hydrogens is 544 g/mol. The summed E-state index contributed by atoms with van der Waals surface area (Å²) in [7, 11) is 3.04. The third-order valence-corrected chi connectivity index (χ3v) is 5.77. The second kappa shape index (κ2) is 15.2. The number of hydrogen-bond donors (Lipinski definition) is 0. The molecule has 0 aliphatic carbocycles. The number of carbonyl (C=O) groups is 4. The van der Waals surface area contributed by atoms with E-state index >= 15 is 0 Å². The Hall–Kier alpha value is -5.64. The van der Waals surface area contributed by atoms with Crippen LogP contribution in [0.2, 0.25) is 0 Å². The van der Waals surface area contributed by atoms with Crippen LogP contribution in [0.15, 0.2) is 97.1 Å². The lowest BCUT2D eigenvalue weighted by atomic mass is 10.1. The minimum absolute atomic E-state index is 0.239. The molecule has 0 bridgehead atoms. The Morgan fingerprint density at radius 2 is 0.738 bits per heavy atom. The van der Waals surface area contributed by atoms with Crippen molar-refractivity contribution in [2.45, 2.75) is 13.8 Å². The van der Waals surface area contributed by atoms with Gasteiger partial charge in [-0.25, -0.2) is 38.7 Å². The van der Waals surface area contributed by atoms with E-state index in [1.165, 1.54) is 38.5 Å². The standard InChI is InChI=1S/C16H14O6.C16H14O4/c1-19-13-7-3-11(4-8-13)15(17)21-22-16(18)12-5-9-14(20-2)10-6-12;1-11-7-3-5-9-13(11)15(17)19-20-16(18)14-10-6-4-8-12(14)2/h3-10H,1-2H3;3-10H,1-2H3. The molecule has 4 rings (SSSR count). The number of rotatable bonds is 6. The summed E-state index contributed by atoms with van der Waals surface area (Å²) in [5.74, 6) is -1.72. The van der Waals surface area contributed by atoms with E-state index in [0.29, 0.717) is 22.6 Å². The molecule has 0 saturated carbocycles. The van der Waals surface area contributed by atoms with Crippen molar-refractivity contribution in [3.05, 3.63) is 130 Å². The SMILES string of the molecule is COc1ccc(C(=O)OOC(=O)c2ccc(OC)cc2)cc1.Cc1ccccc1C(=O)OOC(=O)c1ccccc1C. The number of benzene rings is 4. The van der Waals surface area contributed by atoms with E-state index in [2.05, 4.69) is 19.6 Å². The molecule has 42 heavy (non-hydrogen) atoms. The molecule has 0 aliphatic rings. The second-order valence-corrected chi connectivity index (χ2v) is 8.57. The van der Waals surface area contributed by atoms with E-state index in [4.69, 9.17) is 9.47 Å². The molecule has 0 aromatic heterocycles. The van der Waals surface area contributed by atoms with Gasteiger partial charge in [0.1, 0.15) is 11.5 Å². The Labute approximate surface area is 242 Å². The van der Waals surface area contributed by atoms with Crippen LogP contribution >= 0.6 is 0 Å². The van der Waals surface area contributed by atoms with Gasteiger partial charge < -0.3 is 9.47 Å². The molecule has 0 amide bonds. The fraction of sp³-hybridized carbons (Fsp3) is 0.125. The Morgan fingerprint density at radius 3 is 1.05 bits per heavy atom. The van der Waals surface area contributed by atoms with Crippen LogP contribution < -0.4 is 9.47 Å². The van der Waals surface area contributed by atoms with Gasteiger partial charge in [-0.05, 0) is 85.6 Å². The number of aryl methyl sites for hydroxylation is 2. The van der Waals surface area contributed by atoms with Gasteiger partial charge in [-0.2, -0.15) is 0 Å². The van der Waals surface area contributed by atoms with Crippen LogP contribution in [0.3, 0.4) is 0 Å². The zero-order valence-corrected chi connectivity index (χ0v) is 23.3. The Kier molecular flexibility index (Phi) is 11.2. The summed E-state index contributed by atoms with van der Waals surface area (Å²) in [6, 6.07) is 26.2. The first-order valence-corrected chi connectivity index (χ1v) is 12.5. The summed E-state index contributed by atoms with van der Waals surface area (Å²) in [5.41, 5.74) is 2.72. The third-order valence-electron chi connectivity index (χ3n) is 5.77. The van der Waals surface area contributed by atoms with Gasteiger partial charge in [-0.3, -0.25) is 0 Å². The zero-order valence-electron chi connectivity index (χ0n) is 23.3. The monoisotopic (exact) mass is 572 g/mol. The van der Waals surface area contributed by atoms with E-state index in [9.17, 15) is 19.2 Å². The van der Waals surface area contributed by atoms with Crippen LogP contribution in [0.5, 0.6) is 11.5 Å². The van der Waals surface area contributed by atoms with Crippen molar-refractivity contribution in [1.29, 1.82) is 0 Å². The van der Waals surface area contributed by atoms with Crippen molar-refractivity contribution in [3.8, 4) is 11.5 Å². The molecule has 0 spiro atoms. The minimum Gasteiger partial charge on any atom is -0.497 e. The summed E-state index contributed by atoms with van der Waals surface area (Å²) in [4.78, 5) is 65.2. The fourth-order valence-corrected chi connectivity index (χ4v) is 3.40. The normalized spacial score (nSPS) is 9.81. The molecule has 10 heteroatoms. The molecule has 0 fully saturated rings. The largest absolute Gasteiger partial charge is 0.497 e. The molecule has 0 aliphatic heterocycles. The molecule has 10 nitrogen and oxygen atoms in total. The maximum atomic E-state index is 11.8. The predicted octanol–water partition coefficient (Wildman–Crippen LogP) is 5.86. The van der Waals surface area contributed by atoms with Crippen LogP contribution in [-0.4, -0.2) is 38.1 Å². The highest BCUT2D eigenvalue weighted by atomic mass is 17.2. The van der Waals surface area contributed by atoms with E-state index < -0.39 is 23.9 Å². The quantitative estimate of drug-likeness (QED) is 0.205. The molecule has 0 N–H and O–H groups in total. The maximum absolute atomic E-state index is 11.8. The molecule has 0 saturated heterocycles. The minimum atomic E-state index is -0.774. The maximum Gasteiger partial charge on any atom is 0.386 e. The summed E-state index contributed by atoms with van der Waals surface area (Å²) in [6.45, 7) is 3.56. The number of methoxy groups -OCH3 is 2. The molecule has 216 valence electrons. The van der Waals surface area contributed by atoms with Gasteiger partial charge in [-0.15, -0.1) is 0 Å². The molecule has 0 radical (unpaired) electrons. The Morgan fingerprint density at radius 1 is 0.429 bits per heavy atom. The summed E-state index contributed by atoms with van der Waals surface area (Å²) in [5, 5.41) is 0. The molecule has 0 atom stereocenters. The van der Waals surface area contributed by atoms with Gasteiger partial charge in [0.2, 0.25) is 0 Å². The van der Waals surface area contributed by atoms with Crippen LogP contribution in [0.25, 0.3) is 0 Å².